The van der Waals surface area contributed by atoms with Gasteiger partial charge in [-0.1, -0.05) is 38.1 Å². The Morgan fingerprint density at radius 1 is 1.07 bits per heavy atom. The van der Waals surface area contributed by atoms with Crippen molar-refractivity contribution in [3.8, 4) is 0 Å². The molecule has 1 aromatic carbocycles. The van der Waals surface area contributed by atoms with Crippen molar-refractivity contribution in [2.75, 3.05) is 36.5 Å². The Bertz CT molecular complexity index is 1020. The van der Waals surface area contributed by atoms with E-state index in [0.717, 1.165) is 43.4 Å². The molecule has 0 saturated carbocycles. The number of anilines is 3. The van der Waals surface area contributed by atoms with Gasteiger partial charge in [-0.3, -0.25) is 4.57 Å². The molecule has 7 nitrogen and oxygen atoms in total. The molecule has 2 aromatic heterocycles. The average Bonchev–Trinajstić information content (AvgIpc) is 2.77. The summed E-state index contributed by atoms with van der Waals surface area (Å²) in [6.45, 7) is 7.98. The number of ether oxygens (including phenoxy) is 1. The van der Waals surface area contributed by atoms with Gasteiger partial charge in [0.1, 0.15) is 11.6 Å². The fraction of sp³-hybridized carbons (Fsp3) is 0.348. The van der Waals surface area contributed by atoms with Gasteiger partial charge in [0, 0.05) is 19.3 Å². The van der Waals surface area contributed by atoms with Crippen LogP contribution in [0.1, 0.15) is 30.9 Å². The van der Waals surface area contributed by atoms with E-state index in [0.29, 0.717) is 18.3 Å². The Labute approximate surface area is 176 Å². The predicted octanol–water partition coefficient (Wildman–Crippen LogP) is 3.39. The molecule has 0 amide bonds. The highest BCUT2D eigenvalue weighted by molar-refractivity contribution is 5.56. The highest BCUT2D eigenvalue weighted by atomic mass is 16.5. The van der Waals surface area contributed by atoms with E-state index in [2.05, 4.69) is 58.3 Å². The first kappa shape index (κ1) is 20.1. The quantitative estimate of drug-likeness (QED) is 0.678. The maximum atomic E-state index is 12.4. The molecule has 0 radical (unpaired) electrons. The minimum absolute atomic E-state index is 0.286. The number of aromatic nitrogens is 3. The molecule has 1 aliphatic rings. The fourth-order valence-corrected chi connectivity index (χ4v) is 3.41. The molecule has 0 spiro atoms. The number of nitrogens with zero attached hydrogens (tertiary/aromatic N) is 4. The first-order valence-electron chi connectivity index (χ1n) is 10.3. The van der Waals surface area contributed by atoms with Crippen molar-refractivity contribution < 1.29 is 4.74 Å². The molecule has 0 unspecified atom stereocenters. The SMILES string of the molecule is CC(C)c1ccc(Cn2ccc(Nc3ccc(N4CCOCC4)nc3)nc2=O)cc1. The van der Waals surface area contributed by atoms with Gasteiger partial charge in [0.05, 0.1) is 31.6 Å². The van der Waals surface area contributed by atoms with Crippen LogP contribution in [-0.4, -0.2) is 40.8 Å². The van der Waals surface area contributed by atoms with Crippen molar-refractivity contribution in [2.45, 2.75) is 26.3 Å². The molecular weight excluding hydrogens is 378 g/mol. The van der Waals surface area contributed by atoms with E-state index in [1.54, 1.807) is 23.0 Å². The summed E-state index contributed by atoms with van der Waals surface area (Å²) in [6.07, 6.45) is 3.53. The molecule has 1 N–H and O–H groups in total. The summed E-state index contributed by atoms with van der Waals surface area (Å²) in [5, 5.41) is 3.16. The normalized spacial score (nSPS) is 14.2. The number of benzene rings is 1. The second kappa shape index (κ2) is 9.09. The van der Waals surface area contributed by atoms with Gasteiger partial charge >= 0.3 is 5.69 Å². The molecule has 1 saturated heterocycles. The molecule has 7 heteroatoms. The lowest BCUT2D eigenvalue weighted by atomic mass is 10.0. The molecule has 156 valence electrons. The lowest BCUT2D eigenvalue weighted by Gasteiger charge is -2.27. The minimum atomic E-state index is -0.286. The summed E-state index contributed by atoms with van der Waals surface area (Å²) in [5.74, 6) is 1.93. The largest absolute Gasteiger partial charge is 0.378 e. The molecule has 4 rings (SSSR count). The number of pyridine rings is 1. The monoisotopic (exact) mass is 405 g/mol. The molecule has 0 atom stereocenters. The molecule has 30 heavy (non-hydrogen) atoms. The molecule has 0 bridgehead atoms. The third-order valence-corrected chi connectivity index (χ3v) is 5.23. The van der Waals surface area contributed by atoms with Gasteiger partial charge in [-0.2, -0.15) is 4.98 Å². The molecule has 0 aliphatic carbocycles. The van der Waals surface area contributed by atoms with Crippen LogP contribution in [-0.2, 0) is 11.3 Å². The number of nitrogens with one attached hydrogen (secondary N) is 1. The van der Waals surface area contributed by atoms with Crippen molar-refractivity contribution in [2.24, 2.45) is 0 Å². The van der Waals surface area contributed by atoms with Gasteiger partial charge in [-0.05, 0) is 35.2 Å². The smallest absolute Gasteiger partial charge is 0.349 e. The summed E-state index contributed by atoms with van der Waals surface area (Å²) in [4.78, 5) is 23.3. The zero-order chi connectivity index (χ0) is 20.9. The Kier molecular flexibility index (Phi) is 6.09. The van der Waals surface area contributed by atoms with E-state index in [1.165, 1.54) is 5.56 Å². The average molecular weight is 406 g/mol. The van der Waals surface area contributed by atoms with Gasteiger partial charge in [0.15, 0.2) is 0 Å². The number of hydrogen-bond acceptors (Lipinski definition) is 6. The van der Waals surface area contributed by atoms with Crippen LogP contribution in [0.25, 0.3) is 0 Å². The van der Waals surface area contributed by atoms with Gasteiger partial charge in [-0.15, -0.1) is 0 Å². The van der Waals surface area contributed by atoms with Crippen molar-refractivity contribution in [3.63, 3.8) is 0 Å². The summed E-state index contributed by atoms with van der Waals surface area (Å²) in [6, 6.07) is 14.1. The zero-order valence-electron chi connectivity index (χ0n) is 17.4. The molecule has 3 aromatic rings. The molecular formula is C23H27N5O2. The van der Waals surface area contributed by atoms with E-state index >= 15 is 0 Å². The van der Waals surface area contributed by atoms with Crippen molar-refractivity contribution in [3.05, 3.63) is 76.5 Å². The third-order valence-electron chi connectivity index (χ3n) is 5.23. The lowest BCUT2D eigenvalue weighted by molar-refractivity contribution is 0.122. The van der Waals surface area contributed by atoms with E-state index in [9.17, 15) is 4.79 Å². The summed E-state index contributed by atoms with van der Waals surface area (Å²) in [5.41, 5.74) is 2.87. The van der Waals surface area contributed by atoms with Crippen LogP contribution in [0.4, 0.5) is 17.3 Å². The summed E-state index contributed by atoms with van der Waals surface area (Å²) < 4.78 is 6.98. The van der Waals surface area contributed by atoms with Crippen LogP contribution in [0, 0.1) is 0 Å². The summed E-state index contributed by atoms with van der Waals surface area (Å²) >= 11 is 0. The number of rotatable bonds is 6. The first-order valence-corrected chi connectivity index (χ1v) is 10.3. The maximum absolute atomic E-state index is 12.4. The van der Waals surface area contributed by atoms with Crippen LogP contribution in [0.15, 0.2) is 59.7 Å². The zero-order valence-corrected chi connectivity index (χ0v) is 17.4. The first-order chi connectivity index (χ1) is 14.6. The van der Waals surface area contributed by atoms with Crippen LogP contribution in [0.2, 0.25) is 0 Å². The number of hydrogen-bond donors (Lipinski definition) is 1. The van der Waals surface area contributed by atoms with Crippen molar-refractivity contribution in [1.29, 1.82) is 0 Å². The van der Waals surface area contributed by atoms with Crippen molar-refractivity contribution >= 4 is 17.3 Å². The summed E-state index contributed by atoms with van der Waals surface area (Å²) in [7, 11) is 0. The highest BCUT2D eigenvalue weighted by Crippen LogP contribution is 2.18. The van der Waals surface area contributed by atoms with E-state index in [4.69, 9.17) is 4.74 Å². The molecule has 1 aliphatic heterocycles. The van der Waals surface area contributed by atoms with E-state index < -0.39 is 0 Å². The van der Waals surface area contributed by atoms with Gasteiger partial charge < -0.3 is 15.0 Å². The maximum Gasteiger partial charge on any atom is 0.349 e. The highest BCUT2D eigenvalue weighted by Gasteiger charge is 2.12. The van der Waals surface area contributed by atoms with Crippen LogP contribution < -0.4 is 15.9 Å². The topological polar surface area (TPSA) is 72.3 Å². The van der Waals surface area contributed by atoms with E-state index in [1.807, 2.05) is 12.1 Å². The number of morpholine rings is 1. The van der Waals surface area contributed by atoms with Crippen LogP contribution in [0.5, 0.6) is 0 Å². The Balaban J connectivity index is 1.41. The van der Waals surface area contributed by atoms with Crippen molar-refractivity contribution in [1.82, 2.24) is 14.5 Å². The second-order valence-corrected chi connectivity index (χ2v) is 7.75. The standard InChI is InChI=1S/C23H27N5O2/c1-17(2)19-5-3-18(4-6-19)16-28-10-9-21(26-23(28)29)25-20-7-8-22(24-15-20)27-11-13-30-14-12-27/h3-10,15,17H,11-14,16H2,1-2H3,(H,25,26,29). The Hall–Kier alpha value is -3.19. The van der Waals surface area contributed by atoms with Crippen LogP contribution in [0.3, 0.4) is 0 Å². The predicted molar refractivity (Wildman–Crippen MR) is 119 cm³/mol. The van der Waals surface area contributed by atoms with Gasteiger partial charge in [0.2, 0.25) is 0 Å². The lowest BCUT2D eigenvalue weighted by Crippen LogP contribution is -2.36. The van der Waals surface area contributed by atoms with Gasteiger partial charge in [0.25, 0.3) is 0 Å². The third kappa shape index (κ3) is 4.86. The molecule has 1 fully saturated rings. The van der Waals surface area contributed by atoms with Crippen LogP contribution >= 0.6 is 0 Å². The fourth-order valence-electron chi connectivity index (χ4n) is 3.41. The Morgan fingerprint density at radius 2 is 1.83 bits per heavy atom. The molecule has 3 heterocycles. The van der Waals surface area contributed by atoms with Gasteiger partial charge in [-0.25, -0.2) is 9.78 Å². The Morgan fingerprint density at radius 3 is 2.47 bits per heavy atom. The van der Waals surface area contributed by atoms with E-state index in [-0.39, 0.29) is 5.69 Å². The second-order valence-electron chi connectivity index (χ2n) is 7.75. The minimum Gasteiger partial charge on any atom is -0.378 e.